The Hall–Kier alpha value is -0.600. The first-order valence-electron chi connectivity index (χ1n) is 11.2. The zero-order valence-electron chi connectivity index (χ0n) is 18.4. The van der Waals surface area contributed by atoms with Crippen LogP contribution in [0.4, 0.5) is 0 Å². The molecule has 3 fully saturated rings. The third-order valence-electron chi connectivity index (χ3n) is 9.02. The Balaban J connectivity index is 1.93. The second kappa shape index (κ2) is 7.34. The molecule has 2 heteroatoms. The lowest BCUT2D eigenvalue weighted by molar-refractivity contribution is -0.204. The largest absolute Gasteiger partial charge is 0.393 e. The Labute approximate surface area is 167 Å². The zero-order chi connectivity index (χ0) is 20.0. The van der Waals surface area contributed by atoms with Gasteiger partial charge in [-0.3, -0.25) is 0 Å². The maximum absolute atomic E-state index is 11.4. The molecule has 0 radical (unpaired) electrons. The van der Waals surface area contributed by atoms with Crippen LogP contribution < -0.4 is 0 Å². The van der Waals surface area contributed by atoms with Crippen molar-refractivity contribution in [1.29, 1.82) is 0 Å². The fourth-order valence-corrected chi connectivity index (χ4v) is 8.12. The molecular formula is C25H42O2. The fraction of sp³-hybridized carbons (Fsp3) is 0.840. The number of hydrogen-bond donors (Lipinski definition) is 2. The standard InChI is InChI=1S/C25H42O2/c1-17(12-15-26)8-10-19-18(2)9-11-21-24(5)14-7-13-23(3,4)22(24)20(27)16-25(19,21)6/h12,19-22,26-27H,2,7-11,13-16H2,1,3-6H3. The van der Waals surface area contributed by atoms with Crippen molar-refractivity contribution in [1.82, 2.24) is 0 Å². The van der Waals surface area contributed by atoms with Crippen molar-refractivity contribution in [3.8, 4) is 0 Å². The molecule has 0 aromatic rings. The van der Waals surface area contributed by atoms with Crippen molar-refractivity contribution < 1.29 is 10.2 Å². The predicted molar refractivity (Wildman–Crippen MR) is 113 cm³/mol. The Morgan fingerprint density at radius 3 is 2.56 bits per heavy atom. The molecule has 27 heavy (non-hydrogen) atoms. The van der Waals surface area contributed by atoms with Crippen LogP contribution in [-0.4, -0.2) is 22.9 Å². The van der Waals surface area contributed by atoms with Crippen molar-refractivity contribution in [3.05, 3.63) is 23.8 Å². The van der Waals surface area contributed by atoms with Crippen LogP contribution in [0, 0.1) is 34.0 Å². The van der Waals surface area contributed by atoms with E-state index in [-0.39, 0.29) is 29.0 Å². The van der Waals surface area contributed by atoms with E-state index in [0.717, 1.165) is 25.7 Å². The summed E-state index contributed by atoms with van der Waals surface area (Å²) in [5.74, 6) is 1.58. The zero-order valence-corrected chi connectivity index (χ0v) is 18.4. The third kappa shape index (κ3) is 3.46. The van der Waals surface area contributed by atoms with Crippen molar-refractivity contribution in [2.75, 3.05) is 6.61 Å². The van der Waals surface area contributed by atoms with Gasteiger partial charge in [-0.05, 0) is 85.9 Å². The van der Waals surface area contributed by atoms with Gasteiger partial charge in [0.05, 0.1) is 12.7 Å². The number of aliphatic hydroxyl groups is 2. The van der Waals surface area contributed by atoms with Gasteiger partial charge in [-0.25, -0.2) is 0 Å². The summed E-state index contributed by atoms with van der Waals surface area (Å²) in [5, 5.41) is 20.6. The number of fused-ring (bicyclic) bond motifs is 3. The molecule has 2 nitrogen and oxygen atoms in total. The second-order valence-electron chi connectivity index (χ2n) is 11.2. The minimum absolute atomic E-state index is 0.130. The van der Waals surface area contributed by atoms with Gasteiger partial charge in [0.2, 0.25) is 0 Å². The summed E-state index contributed by atoms with van der Waals surface area (Å²) in [6.45, 7) is 16.5. The van der Waals surface area contributed by atoms with Crippen LogP contribution in [0.25, 0.3) is 0 Å². The summed E-state index contributed by atoms with van der Waals surface area (Å²) >= 11 is 0. The number of aliphatic hydroxyl groups excluding tert-OH is 2. The van der Waals surface area contributed by atoms with Gasteiger partial charge >= 0.3 is 0 Å². The van der Waals surface area contributed by atoms with Gasteiger partial charge in [-0.2, -0.15) is 0 Å². The van der Waals surface area contributed by atoms with Crippen LogP contribution in [0.2, 0.25) is 0 Å². The lowest BCUT2D eigenvalue weighted by Gasteiger charge is -2.67. The Morgan fingerprint density at radius 2 is 1.89 bits per heavy atom. The van der Waals surface area contributed by atoms with Gasteiger partial charge in [0.25, 0.3) is 0 Å². The van der Waals surface area contributed by atoms with E-state index >= 15 is 0 Å². The summed E-state index contributed by atoms with van der Waals surface area (Å²) in [5.41, 5.74) is 3.29. The topological polar surface area (TPSA) is 40.5 Å². The molecule has 0 aromatic carbocycles. The average Bonchev–Trinajstić information content (AvgIpc) is 2.52. The van der Waals surface area contributed by atoms with Crippen LogP contribution >= 0.6 is 0 Å². The SMILES string of the molecule is C=C1CCC2C(C)(CC(O)C3C(C)(C)CCCC32C)C1CCC(C)=CCO. The summed E-state index contributed by atoms with van der Waals surface area (Å²) in [7, 11) is 0. The fourth-order valence-electron chi connectivity index (χ4n) is 8.12. The summed E-state index contributed by atoms with van der Waals surface area (Å²) < 4.78 is 0. The van der Waals surface area contributed by atoms with Crippen molar-refractivity contribution in [3.63, 3.8) is 0 Å². The monoisotopic (exact) mass is 374 g/mol. The molecular weight excluding hydrogens is 332 g/mol. The molecule has 3 aliphatic rings. The van der Waals surface area contributed by atoms with E-state index in [0.29, 0.717) is 17.8 Å². The Kier molecular flexibility index (Phi) is 5.74. The number of hydrogen-bond acceptors (Lipinski definition) is 2. The highest BCUT2D eigenvalue weighted by atomic mass is 16.3. The molecule has 154 valence electrons. The molecule has 3 aliphatic carbocycles. The number of rotatable bonds is 4. The lowest BCUT2D eigenvalue weighted by atomic mass is 9.38. The normalized spacial score (nSPS) is 44.6. The molecule has 3 rings (SSSR count). The highest BCUT2D eigenvalue weighted by Crippen LogP contribution is 2.69. The molecule has 0 saturated heterocycles. The first-order chi connectivity index (χ1) is 12.6. The first-order valence-corrected chi connectivity index (χ1v) is 11.2. The van der Waals surface area contributed by atoms with E-state index < -0.39 is 0 Å². The van der Waals surface area contributed by atoms with Crippen LogP contribution in [0.5, 0.6) is 0 Å². The van der Waals surface area contributed by atoms with Crippen molar-refractivity contribution in [2.24, 2.45) is 34.0 Å². The minimum atomic E-state index is -0.200. The van der Waals surface area contributed by atoms with Gasteiger partial charge < -0.3 is 10.2 Å². The molecule has 0 spiro atoms. The van der Waals surface area contributed by atoms with E-state index in [2.05, 4.69) is 41.2 Å². The van der Waals surface area contributed by atoms with E-state index in [1.807, 2.05) is 6.08 Å². The number of allylic oxidation sites excluding steroid dienone is 2. The van der Waals surface area contributed by atoms with Gasteiger partial charge in [-0.1, -0.05) is 57.9 Å². The highest BCUT2D eigenvalue weighted by molar-refractivity contribution is 5.20. The first kappa shape index (κ1) is 21.1. The third-order valence-corrected chi connectivity index (χ3v) is 9.02. The van der Waals surface area contributed by atoms with Crippen LogP contribution in [0.3, 0.4) is 0 Å². The van der Waals surface area contributed by atoms with Gasteiger partial charge in [-0.15, -0.1) is 0 Å². The molecule has 0 amide bonds. The van der Waals surface area contributed by atoms with E-state index in [1.165, 1.54) is 36.8 Å². The molecule has 3 saturated carbocycles. The summed E-state index contributed by atoms with van der Waals surface area (Å²) in [6, 6.07) is 0. The minimum Gasteiger partial charge on any atom is -0.393 e. The van der Waals surface area contributed by atoms with Gasteiger partial charge in [0.1, 0.15) is 0 Å². The molecule has 2 N–H and O–H groups in total. The van der Waals surface area contributed by atoms with Crippen LogP contribution in [0.1, 0.15) is 86.0 Å². The van der Waals surface area contributed by atoms with Crippen LogP contribution in [-0.2, 0) is 0 Å². The Bertz CT molecular complexity index is 603. The molecule has 0 heterocycles. The second-order valence-corrected chi connectivity index (χ2v) is 11.2. The molecule has 0 aromatic heterocycles. The molecule has 6 atom stereocenters. The Morgan fingerprint density at radius 1 is 1.19 bits per heavy atom. The molecule has 0 aliphatic heterocycles. The molecule has 0 bridgehead atoms. The van der Waals surface area contributed by atoms with E-state index in [9.17, 15) is 10.2 Å². The maximum Gasteiger partial charge on any atom is 0.0614 e. The maximum atomic E-state index is 11.4. The van der Waals surface area contributed by atoms with Crippen LogP contribution in [0.15, 0.2) is 23.8 Å². The smallest absolute Gasteiger partial charge is 0.0614 e. The van der Waals surface area contributed by atoms with Gasteiger partial charge in [0.15, 0.2) is 0 Å². The van der Waals surface area contributed by atoms with Crippen molar-refractivity contribution >= 4 is 0 Å². The summed E-state index contributed by atoms with van der Waals surface area (Å²) in [6.07, 6.45) is 11.0. The quantitative estimate of drug-likeness (QED) is 0.602. The van der Waals surface area contributed by atoms with E-state index in [1.54, 1.807) is 0 Å². The highest BCUT2D eigenvalue weighted by Gasteiger charge is 2.63. The lowest BCUT2D eigenvalue weighted by Crippen LogP contribution is -2.63. The molecule has 6 unspecified atom stereocenters. The van der Waals surface area contributed by atoms with Gasteiger partial charge in [0, 0.05) is 0 Å². The summed E-state index contributed by atoms with van der Waals surface area (Å²) in [4.78, 5) is 0. The predicted octanol–water partition coefficient (Wildman–Crippen LogP) is 5.89. The average molecular weight is 375 g/mol. The van der Waals surface area contributed by atoms with E-state index in [4.69, 9.17) is 0 Å². The van der Waals surface area contributed by atoms with Crippen molar-refractivity contribution in [2.45, 2.75) is 92.1 Å².